The van der Waals surface area contributed by atoms with Gasteiger partial charge in [-0.3, -0.25) is 9.59 Å². The number of rotatable bonds is 5. The Labute approximate surface area is 112 Å². The lowest BCUT2D eigenvalue weighted by molar-refractivity contribution is 0.0238. The summed E-state index contributed by atoms with van der Waals surface area (Å²) >= 11 is 0. The zero-order valence-electron chi connectivity index (χ0n) is 10.7. The SMILES string of the molecule is NC(=O)c1cc(CCC2CNCCO2)ccc1C=O. The topological polar surface area (TPSA) is 81.4 Å². The summed E-state index contributed by atoms with van der Waals surface area (Å²) < 4.78 is 5.61. The third-order valence-electron chi connectivity index (χ3n) is 3.27. The van der Waals surface area contributed by atoms with E-state index in [0.29, 0.717) is 11.8 Å². The lowest BCUT2D eigenvalue weighted by Gasteiger charge is -2.23. The van der Waals surface area contributed by atoms with Crippen LogP contribution in [0, 0.1) is 0 Å². The smallest absolute Gasteiger partial charge is 0.249 e. The van der Waals surface area contributed by atoms with Gasteiger partial charge in [0, 0.05) is 24.2 Å². The molecule has 1 heterocycles. The van der Waals surface area contributed by atoms with Gasteiger partial charge in [-0.1, -0.05) is 12.1 Å². The molecule has 1 aromatic carbocycles. The van der Waals surface area contributed by atoms with Crippen LogP contribution in [0.15, 0.2) is 18.2 Å². The summed E-state index contributed by atoms with van der Waals surface area (Å²) in [6.45, 7) is 2.49. The van der Waals surface area contributed by atoms with Crippen molar-refractivity contribution in [3.8, 4) is 0 Å². The monoisotopic (exact) mass is 262 g/mol. The molecule has 2 rings (SSSR count). The fourth-order valence-electron chi connectivity index (χ4n) is 2.21. The van der Waals surface area contributed by atoms with Gasteiger partial charge < -0.3 is 15.8 Å². The summed E-state index contributed by atoms with van der Waals surface area (Å²) in [6, 6.07) is 5.19. The van der Waals surface area contributed by atoms with Crippen molar-refractivity contribution in [1.82, 2.24) is 5.32 Å². The predicted octanol–water partition coefficient (Wildman–Crippen LogP) is 0.519. The van der Waals surface area contributed by atoms with Gasteiger partial charge in [-0.15, -0.1) is 0 Å². The number of benzene rings is 1. The maximum Gasteiger partial charge on any atom is 0.249 e. The van der Waals surface area contributed by atoms with Gasteiger partial charge in [-0.05, 0) is 24.5 Å². The second-order valence-electron chi connectivity index (χ2n) is 4.64. The predicted molar refractivity (Wildman–Crippen MR) is 71.3 cm³/mol. The Hall–Kier alpha value is -1.72. The maximum absolute atomic E-state index is 11.3. The number of primary amides is 1. The standard InChI is InChI=1S/C14H18N2O3/c15-14(18)13-7-10(1-3-11(13)9-17)2-4-12-8-16-5-6-19-12/h1,3,7,9,12,16H,2,4-6,8H2,(H2,15,18). The van der Waals surface area contributed by atoms with Crippen LogP contribution in [-0.4, -0.2) is 38.0 Å². The van der Waals surface area contributed by atoms with Gasteiger partial charge in [0.25, 0.3) is 0 Å². The summed E-state index contributed by atoms with van der Waals surface area (Å²) in [5.41, 5.74) is 6.89. The minimum atomic E-state index is -0.570. The van der Waals surface area contributed by atoms with E-state index in [-0.39, 0.29) is 11.7 Å². The van der Waals surface area contributed by atoms with E-state index in [1.54, 1.807) is 12.1 Å². The van der Waals surface area contributed by atoms with E-state index in [9.17, 15) is 9.59 Å². The fourth-order valence-corrected chi connectivity index (χ4v) is 2.21. The van der Waals surface area contributed by atoms with E-state index in [1.807, 2.05) is 6.07 Å². The number of nitrogens with two attached hydrogens (primary N) is 1. The molecule has 102 valence electrons. The molecule has 0 aromatic heterocycles. The normalized spacial score (nSPS) is 19.1. The molecule has 3 N–H and O–H groups in total. The Balaban J connectivity index is 2.02. The quantitative estimate of drug-likeness (QED) is 0.758. The van der Waals surface area contributed by atoms with E-state index in [2.05, 4.69) is 5.32 Å². The number of amides is 1. The lowest BCUT2D eigenvalue weighted by atomic mass is 10.00. The summed E-state index contributed by atoms with van der Waals surface area (Å²) in [5.74, 6) is -0.570. The molecular weight excluding hydrogens is 244 g/mol. The van der Waals surface area contributed by atoms with Gasteiger partial charge in [0.2, 0.25) is 5.91 Å². The summed E-state index contributed by atoms with van der Waals surface area (Å²) in [6.07, 6.45) is 2.53. The fraction of sp³-hybridized carbons (Fsp3) is 0.429. The Morgan fingerprint density at radius 3 is 3.00 bits per heavy atom. The largest absolute Gasteiger partial charge is 0.376 e. The Morgan fingerprint density at radius 2 is 2.37 bits per heavy atom. The maximum atomic E-state index is 11.3. The molecule has 5 nitrogen and oxygen atoms in total. The van der Waals surface area contributed by atoms with Crippen molar-refractivity contribution >= 4 is 12.2 Å². The second kappa shape index (κ2) is 6.45. The molecule has 0 aliphatic carbocycles. The molecule has 1 unspecified atom stereocenters. The summed E-state index contributed by atoms with van der Waals surface area (Å²) in [7, 11) is 0. The van der Waals surface area contributed by atoms with Gasteiger partial charge in [0.05, 0.1) is 12.7 Å². The van der Waals surface area contributed by atoms with Crippen LogP contribution in [0.25, 0.3) is 0 Å². The number of hydrogen-bond acceptors (Lipinski definition) is 4. The van der Waals surface area contributed by atoms with Gasteiger partial charge >= 0.3 is 0 Å². The van der Waals surface area contributed by atoms with Gasteiger partial charge in [0.15, 0.2) is 6.29 Å². The number of ether oxygens (including phenoxy) is 1. The molecular formula is C14H18N2O3. The minimum Gasteiger partial charge on any atom is -0.376 e. The third-order valence-corrected chi connectivity index (χ3v) is 3.27. The van der Waals surface area contributed by atoms with E-state index in [1.165, 1.54) is 0 Å². The van der Waals surface area contributed by atoms with Crippen molar-refractivity contribution in [2.45, 2.75) is 18.9 Å². The average molecular weight is 262 g/mol. The molecule has 5 heteroatoms. The number of morpholine rings is 1. The summed E-state index contributed by atoms with van der Waals surface area (Å²) in [4.78, 5) is 22.1. The van der Waals surface area contributed by atoms with Gasteiger partial charge in [-0.25, -0.2) is 0 Å². The van der Waals surface area contributed by atoms with Crippen LogP contribution in [0.5, 0.6) is 0 Å². The minimum absolute atomic E-state index is 0.205. The highest BCUT2D eigenvalue weighted by atomic mass is 16.5. The highest BCUT2D eigenvalue weighted by Gasteiger charge is 2.14. The first-order valence-corrected chi connectivity index (χ1v) is 6.41. The van der Waals surface area contributed by atoms with Crippen LogP contribution in [0.3, 0.4) is 0 Å². The first-order valence-electron chi connectivity index (χ1n) is 6.41. The molecule has 1 aliphatic rings. The molecule has 19 heavy (non-hydrogen) atoms. The van der Waals surface area contributed by atoms with Crippen molar-refractivity contribution in [3.05, 3.63) is 34.9 Å². The van der Waals surface area contributed by atoms with Crippen LogP contribution < -0.4 is 11.1 Å². The first kappa shape index (κ1) is 13.7. The number of aldehydes is 1. The van der Waals surface area contributed by atoms with Crippen molar-refractivity contribution in [2.75, 3.05) is 19.7 Å². The molecule has 1 saturated heterocycles. The first-order chi connectivity index (χ1) is 9.20. The van der Waals surface area contributed by atoms with E-state index in [0.717, 1.165) is 38.1 Å². The molecule has 1 amide bonds. The number of aryl methyl sites for hydroxylation is 1. The van der Waals surface area contributed by atoms with Crippen LogP contribution in [0.1, 0.15) is 32.7 Å². The number of carbonyl (C=O) groups excluding carboxylic acids is 2. The lowest BCUT2D eigenvalue weighted by Crippen LogP contribution is -2.38. The van der Waals surface area contributed by atoms with Crippen molar-refractivity contribution in [1.29, 1.82) is 0 Å². The van der Waals surface area contributed by atoms with Crippen LogP contribution in [0.2, 0.25) is 0 Å². The molecule has 1 fully saturated rings. The molecule has 0 saturated carbocycles. The van der Waals surface area contributed by atoms with Gasteiger partial charge in [-0.2, -0.15) is 0 Å². The Kier molecular flexibility index (Phi) is 4.65. The van der Waals surface area contributed by atoms with Crippen molar-refractivity contribution in [3.63, 3.8) is 0 Å². The van der Waals surface area contributed by atoms with Crippen LogP contribution in [-0.2, 0) is 11.2 Å². The van der Waals surface area contributed by atoms with Crippen molar-refractivity contribution in [2.24, 2.45) is 5.73 Å². The molecule has 0 bridgehead atoms. The molecule has 1 atom stereocenters. The highest BCUT2D eigenvalue weighted by molar-refractivity contribution is 6.00. The average Bonchev–Trinajstić information content (AvgIpc) is 2.46. The zero-order valence-corrected chi connectivity index (χ0v) is 10.7. The molecule has 1 aliphatic heterocycles. The van der Waals surface area contributed by atoms with E-state index in [4.69, 9.17) is 10.5 Å². The number of hydrogen-bond donors (Lipinski definition) is 2. The zero-order chi connectivity index (χ0) is 13.7. The Morgan fingerprint density at radius 1 is 1.53 bits per heavy atom. The van der Waals surface area contributed by atoms with Crippen LogP contribution in [0.4, 0.5) is 0 Å². The molecule has 0 spiro atoms. The molecule has 0 radical (unpaired) electrons. The Bertz CT molecular complexity index is 468. The highest BCUT2D eigenvalue weighted by Crippen LogP contribution is 2.14. The molecule has 1 aromatic rings. The third kappa shape index (κ3) is 3.62. The number of nitrogens with one attached hydrogen (secondary N) is 1. The summed E-state index contributed by atoms with van der Waals surface area (Å²) in [5, 5.41) is 3.27. The van der Waals surface area contributed by atoms with E-state index >= 15 is 0 Å². The number of carbonyl (C=O) groups is 2. The van der Waals surface area contributed by atoms with Crippen molar-refractivity contribution < 1.29 is 14.3 Å². The van der Waals surface area contributed by atoms with Crippen LogP contribution >= 0.6 is 0 Å². The van der Waals surface area contributed by atoms with Gasteiger partial charge in [0.1, 0.15) is 0 Å². The second-order valence-corrected chi connectivity index (χ2v) is 4.64. The van der Waals surface area contributed by atoms with E-state index < -0.39 is 5.91 Å².